The van der Waals surface area contributed by atoms with Crippen LogP contribution in [0, 0.1) is 5.82 Å². The van der Waals surface area contributed by atoms with E-state index in [0.29, 0.717) is 5.69 Å². The Morgan fingerprint density at radius 3 is 2.95 bits per heavy atom. The molecule has 0 bridgehead atoms. The fourth-order valence-corrected chi connectivity index (χ4v) is 2.80. The normalized spacial score (nSPS) is 16.9. The first-order valence-electron chi connectivity index (χ1n) is 6.69. The first kappa shape index (κ1) is 13.9. The van der Waals surface area contributed by atoms with Crippen molar-refractivity contribution in [1.29, 1.82) is 0 Å². The van der Waals surface area contributed by atoms with Gasteiger partial charge in [0.05, 0.1) is 5.69 Å². The van der Waals surface area contributed by atoms with Gasteiger partial charge in [0, 0.05) is 12.1 Å². The number of anilines is 1. The van der Waals surface area contributed by atoms with E-state index in [4.69, 9.17) is 11.6 Å². The molecule has 1 aliphatic rings. The predicted octanol–water partition coefficient (Wildman–Crippen LogP) is 3.25. The molecule has 1 aromatic carbocycles. The van der Waals surface area contributed by atoms with Crippen molar-refractivity contribution in [3.05, 3.63) is 52.8 Å². The maximum absolute atomic E-state index is 13.5. The molecule has 1 aromatic heterocycles. The second kappa shape index (κ2) is 5.41. The molecular formula is C15H13ClFN3O. The summed E-state index contributed by atoms with van der Waals surface area (Å²) in [5.74, 6) is -0.639. The number of rotatable bonds is 2. The van der Waals surface area contributed by atoms with Crippen molar-refractivity contribution >= 4 is 23.2 Å². The molecule has 0 saturated heterocycles. The van der Waals surface area contributed by atoms with Gasteiger partial charge in [0.15, 0.2) is 0 Å². The molecule has 1 unspecified atom stereocenters. The number of amides is 1. The van der Waals surface area contributed by atoms with Gasteiger partial charge in [0.25, 0.3) is 5.91 Å². The maximum Gasteiger partial charge on any atom is 0.277 e. The summed E-state index contributed by atoms with van der Waals surface area (Å²) in [7, 11) is 0. The fraction of sp³-hybridized carbons (Fsp3) is 0.267. The molecule has 2 heterocycles. The lowest BCUT2D eigenvalue weighted by Crippen LogP contribution is -2.37. The highest BCUT2D eigenvalue weighted by molar-refractivity contribution is 6.29. The van der Waals surface area contributed by atoms with Gasteiger partial charge in [-0.3, -0.25) is 4.79 Å². The molecule has 0 saturated carbocycles. The number of halogens is 2. The van der Waals surface area contributed by atoms with E-state index in [1.54, 1.807) is 11.0 Å². The summed E-state index contributed by atoms with van der Waals surface area (Å²) in [4.78, 5) is 22.0. The summed E-state index contributed by atoms with van der Waals surface area (Å²) in [6.07, 6.45) is 2.75. The lowest BCUT2D eigenvalue weighted by molar-refractivity contribution is 0.0974. The summed E-state index contributed by atoms with van der Waals surface area (Å²) < 4.78 is 13.5. The number of carbonyl (C=O) groups excluding carboxylic acids is 1. The average molecular weight is 306 g/mol. The monoisotopic (exact) mass is 305 g/mol. The average Bonchev–Trinajstić information content (AvgIpc) is 2.84. The zero-order chi connectivity index (χ0) is 15.0. The first-order valence-corrected chi connectivity index (χ1v) is 7.07. The third-order valence-corrected chi connectivity index (χ3v) is 3.88. The van der Waals surface area contributed by atoms with E-state index in [9.17, 15) is 9.18 Å². The van der Waals surface area contributed by atoms with Crippen LogP contribution >= 0.6 is 11.6 Å². The van der Waals surface area contributed by atoms with Crippen LogP contribution in [0.5, 0.6) is 0 Å². The number of carbonyl (C=O) groups is 1. The highest BCUT2D eigenvalue weighted by Crippen LogP contribution is 2.35. The molecule has 0 spiro atoms. The Bertz CT molecular complexity index is 707. The van der Waals surface area contributed by atoms with E-state index in [1.807, 2.05) is 6.92 Å². The van der Waals surface area contributed by atoms with Crippen LogP contribution in [0.1, 0.15) is 29.4 Å². The Labute approximate surface area is 126 Å². The lowest BCUT2D eigenvalue weighted by Gasteiger charge is -2.24. The highest BCUT2D eigenvalue weighted by Gasteiger charge is 2.34. The van der Waals surface area contributed by atoms with E-state index < -0.39 is 0 Å². The molecule has 6 heteroatoms. The van der Waals surface area contributed by atoms with Gasteiger partial charge >= 0.3 is 0 Å². The second-order valence-corrected chi connectivity index (χ2v) is 5.33. The van der Waals surface area contributed by atoms with Crippen LogP contribution in [0.2, 0.25) is 5.15 Å². The van der Waals surface area contributed by atoms with Crippen LogP contribution in [-0.4, -0.2) is 21.9 Å². The van der Waals surface area contributed by atoms with Gasteiger partial charge in [-0.15, -0.1) is 0 Å². The van der Waals surface area contributed by atoms with E-state index >= 15 is 0 Å². The minimum Gasteiger partial charge on any atom is -0.303 e. The van der Waals surface area contributed by atoms with Gasteiger partial charge in [-0.2, -0.15) is 0 Å². The van der Waals surface area contributed by atoms with Crippen molar-refractivity contribution in [3.63, 3.8) is 0 Å². The molecule has 0 fully saturated rings. The zero-order valence-corrected chi connectivity index (χ0v) is 12.1. The van der Waals surface area contributed by atoms with Crippen LogP contribution in [0.25, 0.3) is 0 Å². The third kappa shape index (κ3) is 2.49. The standard InChI is InChI=1S/C15H13ClFN3O/c1-2-11-5-9-3-4-10(17)6-13(9)20(11)15(21)12-7-14(16)19-8-18-12/h3-4,6-8,11H,2,5H2,1H3. The van der Waals surface area contributed by atoms with E-state index in [1.165, 1.54) is 24.5 Å². The summed E-state index contributed by atoms with van der Waals surface area (Å²) in [6.45, 7) is 2.00. The molecule has 1 aliphatic heterocycles. The maximum atomic E-state index is 13.5. The van der Waals surface area contributed by atoms with Crippen LogP contribution in [0.4, 0.5) is 10.1 Å². The molecule has 4 nitrogen and oxygen atoms in total. The number of hydrogen-bond donors (Lipinski definition) is 0. The molecule has 0 N–H and O–H groups in total. The minimum atomic E-state index is -0.357. The Kier molecular flexibility index (Phi) is 3.59. The number of nitrogens with zero attached hydrogens (tertiary/aromatic N) is 3. The second-order valence-electron chi connectivity index (χ2n) is 4.94. The predicted molar refractivity (Wildman–Crippen MR) is 78.0 cm³/mol. The molecule has 0 radical (unpaired) electrons. The van der Waals surface area contributed by atoms with Gasteiger partial charge in [-0.05, 0) is 30.5 Å². The summed E-state index contributed by atoms with van der Waals surface area (Å²) in [5.41, 5.74) is 1.80. The van der Waals surface area contributed by atoms with Crippen molar-refractivity contribution in [2.24, 2.45) is 0 Å². The van der Waals surface area contributed by atoms with Gasteiger partial charge < -0.3 is 4.90 Å². The molecular weight excluding hydrogens is 293 g/mol. The summed E-state index contributed by atoms with van der Waals surface area (Å²) >= 11 is 5.81. The number of hydrogen-bond acceptors (Lipinski definition) is 3. The van der Waals surface area contributed by atoms with E-state index in [-0.39, 0.29) is 28.6 Å². The number of aromatic nitrogens is 2. The minimum absolute atomic E-state index is 0.00282. The van der Waals surface area contributed by atoms with Crippen molar-refractivity contribution in [1.82, 2.24) is 9.97 Å². The van der Waals surface area contributed by atoms with Crippen molar-refractivity contribution in [2.45, 2.75) is 25.8 Å². The quantitative estimate of drug-likeness (QED) is 0.800. The van der Waals surface area contributed by atoms with Crippen molar-refractivity contribution in [3.8, 4) is 0 Å². The smallest absolute Gasteiger partial charge is 0.277 e. The van der Waals surface area contributed by atoms with Crippen LogP contribution in [0.15, 0.2) is 30.6 Å². The van der Waals surface area contributed by atoms with E-state index in [2.05, 4.69) is 9.97 Å². The van der Waals surface area contributed by atoms with Gasteiger partial charge in [-0.1, -0.05) is 24.6 Å². The molecule has 0 aliphatic carbocycles. The Morgan fingerprint density at radius 2 is 2.24 bits per heavy atom. The molecule has 108 valence electrons. The largest absolute Gasteiger partial charge is 0.303 e. The van der Waals surface area contributed by atoms with Crippen LogP contribution < -0.4 is 4.90 Å². The topological polar surface area (TPSA) is 46.1 Å². The number of benzene rings is 1. The molecule has 3 rings (SSSR count). The molecule has 1 atom stereocenters. The lowest BCUT2D eigenvalue weighted by atomic mass is 10.1. The Morgan fingerprint density at radius 1 is 1.43 bits per heavy atom. The molecule has 2 aromatic rings. The van der Waals surface area contributed by atoms with E-state index in [0.717, 1.165) is 18.4 Å². The first-order chi connectivity index (χ1) is 10.1. The van der Waals surface area contributed by atoms with Crippen LogP contribution in [0.3, 0.4) is 0 Å². The van der Waals surface area contributed by atoms with Gasteiger partial charge in [0.1, 0.15) is 23.0 Å². The van der Waals surface area contributed by atoms with Gasteiger partial charge in [-0.25, -0.2) is 14.4 Å². The fourth-order valence-electron chi connectivity index (χ4n) is 2.65. The zero-order valence-electron chi connectivity index (χ0n) is 11.4. The SMILES string of the molecule is CCC1Cc2ccc(F)cc2N1C(=O)c1cc(Cl)ncn1. The van der Waals surface area contributed by atoms with Crippen LogP contribution in [-0.2, 0) is 6.42 Å². The Hall–Kier alpha value is -2.01. The van der Waals surface area contributed by atoms with Crippen molar-refractivity contribution < 1.29 is 9.18 Å². The van der Waals surface area contributed by atoms with Gasteiger partial charge in [0.2, 0.25) is 0 Å². The summed E-state index contributed by atoms with van der Waals surface area (Å²) in [5, 5.41) is 0.208. The highest BCUT2D eigenvalue weighted by atomic mass is 35.5. The summed E-state index contributed by atoms with van der Waals surface area (Å²) in [6, 6.07) is 5.97. The Balaban J connectivity index is 2.04. The third-order valence-electron chi connectivity index (χ3n) is 3.67. The molecule has 1 amide bonds. The van der Waals surface area contributed by atoms with Crippen molar-refractivity contribution in [2.75, 3.05) is 4.90 Å². The molecule has 21 heavy (non-hydrogen) atoms. The number of fused-ring (bicyclic) bond motifs is 1.